The van der Waals surface area contributed by atoms with E-state index in [1.54, 1.807) is 36.4 Å². The molecule has 1 aliphatic rings. The first-order valence-electron chi connectivity index (χ1n) is 7.95. The van der Waals surface area contributed by atoms with E-state index < -0.39 is 5.97 Å². The van der Waals surface area contributed by atoms with Crippen molar-refractivity contribution in [2.75, 3.05) is 19.8 Å². The molecule has 0 saturated carbocycles. The highest BCUT2D eigenvalue weighted by Crippen LogP contribution is 2.21. The summed E-state index contributed by atoms with van der Waals surface area (Å²) in [4.78, 5) is 37.1. The molecule has 0 aromatic heterocycles. The summed E-state index contributed by atoms with van der Waals surface area (Å²) in [5.41, 5.74) is 0.769. The van der Waals surface area contributed by atoms with Gasteiger partial charge in [0.05, 0.1) is 30.7 Å². The number of rotatable bonds is 7. The van der Waals surface area contributed by atoms with E-state index in [1.807, 2.05) is 18.2 Å². The molecule has 0 fully saturated rings. The van der Waals surface area contributed by atoms with Gasteiger partial charge in [-0.2, -0.15) is 0 Å². The van der Waals surface area contributed by atoms with E-state index in [2.05, 4.69) is 0 Å². The molecular formula is C19H17NO5. The van der Waals surface area contributed by atoms with Gasteiger partial charge in [0, 0.05) is 0 Å². The van der Waals surface area contributed by atoms with Gasteiger partial charge in [-0.1, -0.05) is 30.3 Å². The van der Waals surface area contributed by atoms with Crippen LogP contribution in [0.2, 0.25) is 0 Å². The lowest BCUT2D eigenvalue weighted by molar-refractivity contribution is -0.144. The normalized spacial score (nSPS) is 12.9. The molecule has 0 spiro atoms. The second-order valence-corrected chi connectivity index (χ2v) is 5.44. The first kappa shape index (κ1) is 16.7. The number of hydrogen-bond donors (Lipinski definition) is 0. The van der Waals surface area contributed by atoms with Crippen LogP contribution in [0.3, 0.4) is 0 Å². The van der Waals surface area contributed by atoms with Gasteiger partial charge in [-0.05, 0) is 24.3 Å². The number of esters is 1. The van der Waals surface area contributed by atoms with Crippen LogP contribution < -0.4 is 4.74 Å². The Morgan fingerprint density at radius 2 is 1.44 bits per heavy atom. The van der Waals surface area contributed by atoms with Crippen molar-refractivity contribution < 1.29 is 23.9 Å². The minimum Gasteiger partial charge on any atom is -0.493 e. The number of benzene rings is 2. The Morgan fingerprint density at radius 3 is 2.08 bits per heavy atom. The Morgan fingerprint density at radius 1 is 0.840 bits per heavy atom. The quantitative estimate of drug-likeness (QED) is 0.572. The molecule has 6 nitrogen and oxygen atoms in total. The molecule has 2 aromatic carbocycles. The van der Waals surface area contributed by atoms with Crippen LogP contribution in [-0.4, -0.2) is 42.4 Å². The van der Waals surface area contributed by atoms with E-state index in [9.17, 15) is 14.4 Å². The average molecular weight is 339 g/mol. The predicted octanol–water partition coefficient (Wildman–Crippen LogP) is 2.29. The topological polar surface area (TPSA) is 72.9 Å². The van der Waals surface area contributed by atoms with Gasteiger partial charge < -0.3 is 9.47 Å². The summed E-state index contributed by atoms with van der Waals surface area (Å²) in [5, 5.41) is 0. The van der Waals surface area contributed by atoms with Crippen LogP contribution in [0.25, 0.3) is 0 Å². The number of nitrogens with zero attached hydrogens (tertiary/aromatic N) is 1. The minimum atomic E-state index is -0.437. The van der Waals surface area contributed by atoms with Gasteiger partial charge >= 0.3 is 5.97 Å². The molecule has 0 saturated heterocycles. The number of fused-ring (bicyclic) bond motifs is 1. The molecule has 6 heteroatoms. The molecule has 0 bridgehead atoms. The summed E-state index contributed by atoms with van der Waals surface area (Å²) in [6, 6.07) is 15.8. The lowest BCUT2D eigenvalue weighted by Crippen LogP contribution is -2.33. The van der Waals surface area contributed by atoms with Crippen molar-refractivity contribution in [1.82, 2.24) is 4.90 Å². The molecular weight excluding hydrogens is 322 g/mol. The molecule has 0 atom stereocenters. The van der Waals surface area contributed by atoms with E-state index in [1.165, 1.54) is 0 Å². The third-order valence-electron chi connectivity index (χ3n) is 3.77. The van der Waals surface area contributed by atoms with Crippen LogP contribution in [-0.2, 0) is 9.53 Å². The number of amides is 2. The van der Waals surface area contributed by atoms with E-state index >= 15 is 0 Å². The zero-order chi connectivity index (χ0) is 17.6. The van der Waals surface area contributed by atoms with E-state index in [4.69, 9.17) is 9.47 Å². The monoisotopic (exact) mass is 339 g/mol. The number of hydrogen-bond acceptors (Lipinski definition) is 5. The van der Waals surface area contributed by atoms with Crippen molar-refractivity contribution >= 4 is 17.8 Å². The van der Waals surface area contributed by atoms with Gasteiger partial charge in [-0.25, -0.2) is 0 Å². The molecule has 128 valence electrons. The molecule has 1 heterocycles. The van der Waals surface area contributed by atoms with Gasteiger partial charge in [0.2, 0.25) is 0 Å². The zero-order valence-corrected chi connectivity index (χ0v) is 13.5. The number of carbonyl (C=O) groups is 3. The predicted molar refractivity (Wildman–Crippen MR) is 89.3 cm³/mol. The van der Waals surface area contributed by atoms with Gasteiger partial charge in [0.1, 0.15) is 12.4 Å². The summed E-state index contributed by atoms with van der Waals surface area (Å²) < 4.78 is 10.5. The van der Waals surface area contributed by atoms with Gasteiger partial charge in [-0.3, -0.25) is 19.3 Å². The molecule has 0 N–H and O–H groups in total. The second-order valence-electron chi connectivity index (χ2n) is 5.44. The van der Waals surface area contributed by atoms with Crippen molar-refractivity contribution in [3.63, 3.8) is 0 Å². The molecule has 0 aliphatic carbocycles. The highest BCUT2D eigenvalue weighted by atomic mass is 16.5. The van der Waals surface area contributed by atoms with E-state index in [0.29, 0.717) is 16.9 Å². The molecule has 0 unspecified atom stereocenters. The number of imide groups is 1. The van der Waals surface area contributed by atoms with Crippen LogP contribution in [0, 0.1) is 0 Å². The first-order valence-corrected chi connectivity index (χ1v) is 7.95. The van der Waals surface area contributed by atoms with Crippen LogP contribution in [0.15, 0.2) is 54.6 Å². The maximum absolute atomic E-state index is 12.2. The number of ether oxygens (including phenoxy) is 2. The van der Waals surface area contributed by atoms with Crippen LogP contribution >= 0.6 is 0 Å². The molecule has 2 aromatic rings. The Balaban J connectivity index is 1.40. The SMILES string of the molecule is O=C(CCOc1ccccc1)OCCN1C(=O)c2ccccc2C1=O. The standard InChI is InChI=1S/C19H17NO5/c21-17(10-12-24-14-6-2-1-3-7-14)25-13-11-20-18(22)15-8-4-5-9-16(15)19(20)23/h1-9H,10-13H2. The summed E-state index contributed by atoms with van der Waals surface area (Å²) >= 11 is 0. The molecule has 0 radical (unpaired) electrons. The fourth-order valence-corrected chi connectivity index (χ4v) is 2.53. The first-order chi connectivity index (χ1) is 12.2. The third-order valence-corrected chi connectivity index (χ3v) is 3.77. The molecule has 25 heavy (non-hydrogen) atoms. The van der Waals surface area contributed by atoms with Crippen molar-refractivity contribution in [3.8, 4) is 5.75 Å². The molecule has 2 amide bonds. The Labute approximate surface area is 145 Å². The van der Waals surface area contributed by atoms with Crippen molar-refractivity contribution in [2.24, 2.45) is 0 Å². The summed E-state index contributed by atoms with van der Waals surface area (Å²) in [6.45, 7) is 0.211. The lowest BCUT2D eigenvalue weighted by Gasteiger charge is -2.13. The van der Waals surface area contributed by atoms with Gasteiger partial charge in [0.25, 0.3) is 11.8 Å². The minimum absolute atomic E-state index is 0.0321. The molecule has 1 aliphatic heterocycles. The Hall–Kier alpha value is -3.15. The highest BCUT2D eigenvalue weighted by molar-refractivity contribution is 6.21. The summed E-state index contributed by atoms with van der Waals surface area (Å²) in [6.07, 6.45) is 0.0943. The van der Waals surface area contributed by atoms with Gasteiger partial charge in [-0.15, -0.1) is 0 Å². The Bertz CT molecular complexity index is 752. The van der Waals surface area contributed by atoms with Crippen LogP contribution in [0.5, 0.6) is 5.75 Å². The maximum atomic E-state index is 12.2. The van der Waals surface area contributed by atoms with Gasteiger partial charge in [0.15, 0.2) is 0 Å². The fraction of sp³-hybridized carbons (Fsp3) is 0.211. The average Bonchev–Trinajstić information content (AvgIpc) is 2.88. The smallest absolute Gasteiger partial charge is 0.309 e. The summed E-state index contributed by atoms with van der Waals surface area (Å²) in [5.74, 6) is -0.470. The number of para-hydroxylation sites is 1. The van der Waals surface area contributed by atoms with Crippen LogP contribution in [0.1, 0.15) is 27.1 Å². The van der Waals surface area contributed by atoms with Crippen molar-refractivity contribution in [1.29, 1.82) is 0 Å². The van der Waals surface area contributed by atoms with Crippen molar-refractivity contribution in [2.45, 2.75) is 6.42 Å². The Kier molecular flexibility index (Phi) is 5.09. The van der Waals surface area contributed by atoms with Crippen LogP contribution in [0.4, 0.5) is 0 Å². The largest absolute Gasteiger partial charge is 0.493 e. The zero-order valence-electron chi connectivity index (χ0n) is 13.5. The molecule has 3 rings (SSSR count). The maximum Gasteiger partial charge on any atom is 0.309 e. The third kappa shape index (κ3) is 3.85. The number of carbonyl (C=O) groups excluding carboxylic acids is 3. The lowest BCUT2D eigenvalue weighted by atomic mass is 10.1. The highest BCUT2D eigenvalue weighted by Gasteiger charge is 2.34. The fourth-order valence-electron chi connectivity index (χ4n) is 2.53. The van der Waals surface area contributed by atoms with Crippen molar-refractivity contribution in [3.05, 3.63) is 65.7 Å². The van der Waals surface area contributed by atoms with E-state index in [0.717, 1.165) is 4.90 Å². The van der Waals surface area contributed by atoms with E-state index in [-0.39, 0.29) is 38.0 Å². The summed E-state index contributed by atoms with van der Waals surface area (Å²) in [7, 11) is 0. The second kappa shape index (κ2) is 7.61.